The van der Waals surface area contributed by atoms with Gasteiger partial charge in [-0.15, -0.1) is 0 Å². The summed E-state index contributed by atoms with van der Waals surface area (Å²) in [5, 5.41) is 18.0. The van der Waals surface area contributed by atoms with Crippen molar-refractivity contribution < 1.29 is 15.0 Å². The smallest absolute Gasteiger partial charge is 0.337 e. The highest BCUT2D eigenvalue weighted by Gasteiger charge is 2.08. The Morgan fingerprint density at radius 2 is 1.67 bits per heavy atom. The number of carboxylic acid groups (broad SMARTS) is 1. The van der Waals surface area contributed by atoms with Gasteiger partial charge in [0.1, 0.15) is 5.75 Å². The largest absolute Gasteiger partial charge is 0.508 e. The normalized spacial score (nSPS) is 10.2. The minimum atomic E-state index is -1.03. The molecule has 0 aliphatic rings. The van der Waals surface area contributed by atoms with Gasteiger partial charge in [0.15, 0.2) is 0 Å². The van der Waals surface area contributed by atoms with Crippen LogP contribution in [0.1, 0.15) is 10.4 Å². The molecule has 4 nitrogen and oxygen atoms in total. The van der Waals surface area contributed by atoms with E-state index >= 15 is 0 Å². The molecule has 0 amide bonds. The van der Waals surface area contributed by atoms with Crippen molar-refractivity contribution in [1.29, 1.82) is 0 Å². The van der Waals surface area contributed by atoms with Crippen LogP contribution in [0.15, 0.2) is 52.3 Å². The number of rotatable bonds is 3. The highest BCUT2D eigenvalue weighted by atomic mass is 32.2. The van der Waals surface area contributed by atoms with Gasteiger partial charge in [-0.3, -0.25) is 0 Å². The molecular formula is C13H11NO3S. The molecule has 2 rings (SSSR count). The molecule has 0 fully saturated rings. The Bertz CT molecular complexity index is 581. The molecule has 0 atom stereocenters. The van der Waals surface area contributed by atoms with Crippen LogP contribution in [0.5, 0.6) is 5.75 Å². The number of hydrogen-bond acceptors (Lipinski definition) is 4. The Morgan fingerprint density at radius 1 is 1.06 bits per heavy atom. The number of anilines is 1. The second-order valence-corrected chi connectivity index (χ2v) is 4.80. The fourth-order valence-corrected chi connectivity index (χ4v) is 2.32. The second-order valence-electron chi connectivity index (χ2n) is 3.65. The molecule has 0 spiro atoms. The zero-order chi connectivity index (χ0) is 13.1. The van der Waals surface area contributed by atoms with Gasteiger partial charge in [-0.1, -0.05) is 11.8 Å². The zero-order valence-electron chi connectivity index (χ0n) is 9.33. The maximum atomic E-state index is 10.8. The van der Waals surface area contributed by atoms with E-state index in [2.05, 4.69) is 0 Å². The van der Waals surface area contributed by atoms with Gasteiger partial charge in [0, 0.05) is 15.5 Å². The molecule has 5 heteroatoms. The maximum absolute atomic E-state index is 10.8. The topological polar surface area (TPSA) is 83.5 Å². The molecule has 0 saturated heterocycles. The molecule has 0 aliphatic carbocycles. The molecule has 2 aromatic carbocycles. The average Bonchev–Trinajstić information content (AvgIpc) is 2.32. The summed E-state index contributed by atoms with van der Waals surface area (Å²) in [6.45, 7) is 0. The Labute approximate surface area is 108 Å². The average molecular weight is 261 g/mol. The van der Waals surface area contributed by atoms with E-state index in [1.54, 1.807) is 36.4 Å². The predicted molar refractivity (Wildman–Crippen MR) is 70.0 cm³/mol. The van der Waals surface area contributed by atoms with Gasteiger partial charge in [-0.25, -0.2) is 4.79 Å². The van der Waals surface area contributed by atoms with E-state index in [-0.39, 0.29) is 17.0 Å². The molecule has 2 aromatic rings. The first-order chi connectivity index (χ1) is 8.56. The van der Waals surface area contributed by atoms with Gasteiger partial charge in [-0.2, -0.15) is 0 Å². The fraction of sp³-hybridized carbons (Fsp3) is 0. The standard InChI is InChI=1S/C13H11NO3S/c14-12-7-10(5-6-11(12)13(16)17)18-9-3-1-8(15)2-4-9/h1-7,15H,14H2,(H,16,17). The number of nitrogen functional groups attached to an aromatic ring is 1. The van der Waals surface area contributed by atoms with Crippen LogP contribution in [-0.2, 0) is 0 Å². The number of carboxylic acids is 1. The van der Waals surface area contributed by atoms with Crippen LogP contribution in [0.2, 0.25) is 0 Å². The lowest BCUT2D eigenvalue weighted by atomic mass is 10.2. The van der Waals surface area contributed by atoms with Gasteiger partial charge in [0.2, 0.25) is 0 Å². The van der Waals surface area contributed by atoms with Gasteiger partial charge < -0.3 is 15.9 Å². The third kappa shape index (κ3) is 2.75. The summed E-state index contributed by atoms with van der Waals surface area (Å²) < 4.78 is 0. The summed E-state index contributed by atoms with van der Waals surface area (Å²) in [7, 11) is 0. The molecule has 4 N–H and O–H groups in total. The molecule has 0 unspecified atom stereocenters. The molecule has 0 aromatic heterocycles. The van der Waals surface area contributed by atoms with Crippen molar-refractivity contribution in [3.05, 3.63) is 48.0 Å². The monoisotopic (exact) mass is 261 g/mol. The minimum absolute atomic E-state index is 0.102. The first-order valence-corrected chi connectivity index (χ1v) is 5.97. The molecule has 0 bridgehead atoms. The van der Waals surface area contributed by atoms with Crippen LogP contribution in [0.25, 0.3) is 0 Å². The molecule has 0 heterocycles. The first kappa shape index (κ1) is 12.3. The van der Waals surface area contributed by atoms with E-state index in [4.69, 9.17) is 15.9 Å². The van der Waals surface area contributed by atoms with Gasteiger partial charge in [0.05, 0.1) is 5.56 Å². The molecule has 0 aliphatic heterocycles. The predicted octanol–water partition coefficient (Wildman–Crippen LogP) is 2.82. The molecule has 0 saturated carbocycles. The van der Waals surface area contributed by atoms with Crippen molar-refractivity contribution >= 4 is 23.4 Å². The lowest BCUT2D eigenvalue weighted by Crippen LogP contribution is -2.01. The Hall–Kier alpha value is -2.14. The summed E-state index contributed by atoms with van der Waals surface area (Å²) in [6, 6.07) is 11.6. The molecule has 92 valence electrons. The maximum Gasteiger partial charge on any atom is 0.337 e. The van der Waals surface area contributed by atoms with E-state index in [1.165, 1.54) is 17.8 Å². The number of benzene rings is 2. The zero-order valence-corrected chi connectivity index (χ0v) is 10.1. The third-order valence-electron chi connectivity index (χ3n) is 2.33. The Morgan fingerprint density at radius 3 is 2.22 bits per heavy atom. The van der Waals surface area contributed by atoms with Crippen LogP contribution in [0.3, 0.4) is 0 Å². The first-order valence-electron chi connectivity index (χ1n) is 5.16. The van der Waals surface area contributed by atoms with Gasteiger partial charge >= 0.3 is 5.97 Å². The van der Waals surface area contributed by atoms with Crippen LogP contribution in [0.4, 0.5) is 5.69 Å². The minimum Gasteiger partial charge on any atom is -0.508 e. The fourth-order valence-electron chi connectivity index (χ4n) is 1.45. The van der Waals surface area contributed by atoms with Crippen molar-refractivity contribution in [2.45, 2.75) is 9.79 Å². The lowest BCUT2D eigenvalue weighted by molar-refractivity contribution is 0.0698. The molecule has 18 heavy (non-hydrogen) atoms. The lowest BCUT2D eigenvalue weighted by Gasteiger charge is -2.05. The Kier molecular flexibility index (Phi) is 3.43. The van der Waals surface area contributed by atoms with Gasteiger partial charge in [0.25, 0.3) is 0 Å². The van der Waals surface area contributed by atoms with Crippen molar-refractivity contribution in [2.24, 2.45) is 0 Å². The number of phenols is 1. The van der Waals surface area contributed by atoms with E-state index in [0.717, 1.165) is 9.79 Å². The van der Waals surface area contributed by atoms with Crippen molar-refractivity contribution in [3.63, 3.8) is 0 Å². The number of carbonyl (C=O) groups is 1. The summed E-state index contributed by atoms with van der Waals surface area (Å²) >= 11 is 1.45. The Balaban J connectivity index is 2.22. The van der Waals surface area contributed by atoms with Crippen molar-refractivity contribution in [3.8, 4) is 5.75 Å². The van der Waals surface area contributed by atoms with E-state index in [1.807, 2.05) is 0 Å². The quantitative estimate of drug-likeness (QED) is 0.740. The number of aromatic hydroxyl groups is 1. The van der Waals surface area contributed by atoms with Crippen LogP contribution >= 0.6 is 11.8 Å². The number of hydrogen-bond donors (Lipinski definition) is 3. The molecule has 0 radical (unpaired) electrons. The summed E-state index contributed by atoms with van der Waals surface area (Å²) in [6.07, 6.45) is 0. The highest BCUT2D eigenvalue weighted by Crippen LogP contribution is 2.30. The SMILES string of the molecule is Nc1cc(Sc2ccc(O)cc2)ccc1C(=O)O. The summed E-state index contributed by atoms with van der Waals surface area (Å²) in [4.78, 5) is 12.6. The number of phenolic OH excluding ortho intramolecular Hbond substituents is 1. The third-order valence-corrected chi connectivity index (χ3v) is 3.32. The van der Waals surface area contributed by atoms with Crippen molar-refractivity contribution in [2.75, 3.05) is 5.73 Å². The number of nitrogens with two attached hydrogens (primary N) is 1. The molecular weight excluding hydrogens is 250 g/mol. The van der Waals surface area contributed by atoms with Crippen molar-refractivity contribution in [1.82, 2.24) is 0 Å². The van der Waals surface area contributed by atoms with Crippen LogP contribution in [-0.4, -0.2) is 16.2 Å². The second kappa shape index (κ2) is 5.01. The van der Waals surface area contributed by atoms with Crippen LogP contribution in [0, 0.1) is 0 Å². The highest BCUT2D eigenvalue weighted by molar-refractivity contribution is 7.99. The van der Waals surface area contributed by atoms with E-state index in [0.29, 0.717) is 0 Å². The summed E-state index contributed by atoms with van der Waals surface area (Å²) in [5.41, 5.74) is 6.01. The van der Waals surface area contributed by atoms with Crippen LogP contribution < -0.4 is 5.73 Å². The van der Waals surface area contributed by atoms with Gasteiger partial charge in [-0.05, 0) is 42.5 Å². The van der Waals surface area contributed by atoms with E-state index in [9.17, 15) is 4.79 Å². The number of aromatic carboxylic acids is 1. The summed E-state index contributed by atoms with van der Waals surface area (Å²) in [5.74, 6) is -0.825. The van der Waals surface area contributed by atoms with E-state index < -0.39 is 5.97 Å².